The average molecular weight is 375 g/mol. The van der Waals surface area contributed by atoms with E-state index in [1.807, 2.05) is 48.5 Å². The van der Waals surface area contributed by atoms with Crippen molar-refractivity contribution in [3.05, 3.63) is 144 Å². The molecule has 140 valence electrons. The molecule has 5 rings (SSSR count). The van der Waals surface area contributed by atoms with Gasteiger partial charge in [0.25, 0.3) is 0 Å². The van der Waals surface area contributed by atoms with Gasteiger partial charge in [0.1, 0.15) is 6.04 Å². The van der Waals surface area contributed by atoms with E-state index in [0.717, 1.165) is 22.3 Å². The van der Waals surface area contributed by atoms with Crippen molar-refractivity contribution in [1.82, 2.24) is 0 Å². The molecular formula is C27H21NO. The second kappa shape index (κ2) is 7.40. The van der Waals surface area contributed by atoms with E-state index in [1.54, 1.807) is 0 Å². The Bertz CT molecular complexity index is 1070. The quantitative estimate of drug-likeness (QED) is 0.419. The molecule has 0 amide bonds. The third kappa shape index (κ3) is 3.03. The highest BCUT2D eigenvalue weighted by molar-refractivity contribution is 5.96. The van der Waals surface area contributed by atoms with Crippen LogP contribution in [-0.4, -0.2) is 5.90 Å². The van der Waals surface area contributed by atoms with Crippen molar-refractivity contribution in [3.8, 4) is 0 Å². The fourth-order valence-electron chi connectivity index (χ4n) is 4.07. The molecule has 4 aromatic carbocycles. The van der Waals surface area contributed by atoms with Crippen LogP contribution in [0.2, 0.25) is 0 Å². The van der Waals surface area contributed by atoms with Crippen molar-refractivity contribution < 1.29 is 4.74 Å². The molecule has 1 atom stereocenters. The van der Waals surface area contributed by atoms with Crippen molar-refractivity contribution in [2.45, 2.75) is 11.6 Å². The summed E-state index contributed by atoms with van der Waals surface area (Å²) in [6.45, 7) is 0. The summed E-state index contributed by atoms with van der Waals surface area (Å²) in [6.07, 6.45) is 0. The van der Waals surface area contributed by atoms with Gasteiger partial charge in [0.2, 0.25) is 5.90 Å². The fraction of sp³-hybridized carbons (Fsp3) is 0.0741. The largest absolute Gasteiger partial charge is 0.458 e. The summed E-state index contributed by atoms with van der Waals surface area (Å²) in [7, 11) is 0. The van der Waals surface area contributed by atoms with Gasteiger partial charge in [-0.25, -0.2) is 4.99 Å². The van der Waals surface area contributed by atoms with Crippen LogP contribution in [0.15, 0.2) is 126 Å². The molecule has 0 radical (unpaired) electrons. The minimum absolute atomic E-state index is 0.191. The second-order valence-electron chi connectivity index (χ2n) is 7.18. The maximum Gasteiger partial charge on any atom is 0.218 e. The van der Waals surface area contributed by atoms with Gasteiger partial charge >= 0.3 is 0 Å². The van der Waals surface area contributed by atoms with Crippen LogP contribution in [0, 0.1) is 0 Å². The Kier molecular flexibility index (Phi) is 4.45. The first kappa shape index (κ1) is 17.4. The monoisotopic (exact) mass is 375 g/mol. The van der Waals surface area contributed by atoms with E-state index in [-0.39, 0.29) is 6.04 Å². The molecule has 1 unspecified atom stereocenters. The van der Waals surface area contributed by atoms with Gasteiger partial charge in [-0.2, -0.15) is 0 Å². The number of hydrogen-bond donors (Lipinski definition) is 0. The zero-order valence-corrected chi connectivity index (χ0v) is 16.0. The third-order valence-electron chi connectivity index (χ3n) is 5.43. The first-order valence-corrected chi connectivity index (χ1v) is 9.86. The van der Waals surface area contributed by atoms with E-state index >= 15 is 0 Å². The second-order valence-corrected chi connectivity index (χ2v) is 7.18. The summed E-state index contributed by atoms with van der Waals surface area (Å²) in [5.41, 5.74) is 3.58. The molecule has 0 aromatic heterocycles. The number of hydrogen-bond acceptors (Lipinski definition) is 2. The highest BCUT2D eigenvalue weighted by Crippen LogP contribution is 2.50. The molecule has 0 saturated heterocycles. The van der Waals surface area contributed by atoms with Gasteiger partial charge in [-0.05, 0) is 17.7 Å². The summed E-state index contributed by atoms with van der Waals surface area (Å²) < 4.78 is 6.82. The Balaban J connectivity index is 1.76. The van der Waals surface area contributed by atoms with Crippen LogP contribution in [0.5, 0.6) is 0 Å². The van der Waals surface area contributed by atoms with Crippen LogP contribution in [0.1, 0.15) is 28.3 Å². The van der Waals surface area contributed by atoms with Gasteiger partial charge in [0, 0.05) is 16.7 Å². The third-order valence-corrected chi connectivity index (χ3v) is 5.43. The van der Waals surface area contributed by atoms with Gasteiger partial charge in [0.05, 0.1) is 0 Å². The molecule has 0 aliphatic carbocycles. The molecule has 0 saturated carbocycles. The number of aliphatic imine (C=N–C) groups is 1. The van der Waals surface area contributed by atoms with Crippen LogP contribution in [0.3, 0.4) is 0 Å². The Morgan fingerprint density at radius 3 is 1.52 bits per heavy atom. The van der Waals surface area contributed by atoms with E-state index in [9.17, 15) is 0 Å². The molecule has 0 bridgehead atoms. The first-order chi connectivity index (χ1) is 14.4. The highest BCUT2D eigenvalue weighted by Gasteiger charge is 2.50. The smallest absolute Gasteiger partial charge is 0.218 e. The maximum absolute atomic E-state index is 6.82. The normalized spacial score (nSPS) is 17.4. The van der Waals surface area contributed by atoms with Gasteiger partial charge in [0.15, 0.2) is 5.60 Å². The van der Waals surface area contributed by atoms with Gasteiger partial charge in [-0.3, -0.25) is 0 Å². The molecule has 0 fully saturated rings. The van der Waals surface area contributed by atoms with Crippen LogP contribution in [-0.2, 0) is 10.3 Å². The van der Waals surface area contributed by atoms with Gasteiger partial charge < -0.3 is 4.74 Å². The number of rotatable bonds is 4. The van der Waals surface area contributed by atoms with E-state index in [1.165, 1.54) is 0 Å². The van der Waals surface area contributed by atoms with E-state index < -0.39 is 5.60 Å². The summed E-state index contributed by atoms with van der Waals surface area (Å²) in [6, 6.07) is 41.2. The minimum atomic E-state index is -0.727. The van der Waals surface area contributed by atoms with Gasteiger partial charge in [-0.15, -0.1) is 0 Å². The van der Waals surface area contributed by atoms with Crippen LogP contribution >= 0.6 is 0 Å². The minimum Gasteiger partial charge on any atom is -0.458 e. The van der Waals surface area contributed by atoms with Crippen molar-refractivity contribution in [2.24, 2.45) is 4.99 Å². The molecule has 4 aromatic rings. The average Bonchev–Trinajstić information content (AvgIpc) is 3.23. The number of ether oxygens (including phenoxy) is 1. The lowest BCUT2D eigenvalue weighted by Gasteiger charge is -2.35. The van der Waals surface area contributed by atoms with E-state index in [2.05, 4.69) is 72.8 Å². The number of nitrogens with zero attached hydrogens (tertiary/aromatic N) is 1. The predicted octanol–water partition coefficient (Wildman–Crippen LogP) is 6.15. The van der Waals surface area contributed by atoms with Crippen molar-refractivity contribution in [1.29, 1.82) is 0 Å². The summed E-state index contributed by atoms with van der Waals surface area (Å²) in [5, 5.41) is 0. The zero-order chi connectivity index (χ0) is 19.5. The zero-order valence-electron chi connectivity index (χ0n) is 16.0. The van der Waals surface area contributed by atoms with Crippen LogP contribution in [0.25, 0.3) is 0 Å². The van der Waals surface area contributed by atoms with Crippen LogP contribution < -0.4 is 0 Å². The predicted molar refractivity (Wildman–Crippen MR) is 117 cm³/mol. The Morgan fingerprint density at radius 1 is 0.552 bits per heavy atom. The maximum atomic E-state index is 6.82. The van der Waals surface area contributed by atoms with Crippen molar-refractivity contribution in [2.75, 3.05) is 0 Å². The molecule has 29 heavy (non-hydrogen) atoms. The van der Waals surface area contributed by atoms with Gasteiger partial charge in [-0.1, -0.05) is 109 Å². The summed E-state index contributed by atoms with van der Waals surface area (Å²) in [5.74, 6) is 0.673. The fourth-order valence-corrected chi connectivity index (χ4v) is 4.07. The first-order valence-electron chi connectivity index (χ1n) is 9.86. The molecule has 2 heteroatoms. The lowest BCUT2D eigenvalue weighted by atomic mass is 9.78. The molecular weight excluding hydrogens is 354 g/mol. The lowest BCUT2D eigenvalue weighted by molar-refractivity contribution is 0.0980. The molecule has 0 spiro atoms. The molecule has 0 N–H and O–H groups in total. The number of benzene rings is 4. The lowest BCUT2D eigenvalue weighted by Crippen LogP contribution is -2.34. The molecule has 1 heterocycles. The molecule has 1 aliphatic heterocycles. The van der Waals surface area contributed by atoms with E-state index in [0.29, 0.717) is 5.90 Å². The van der Waals surface area contributed by atoms with Crippen molar-refractivity contribution >= 4 is 5.90 Å². The Hall–Kier alpha value is -3.65. The Labute approximate surface area is 171 Å². The molecule has 1 aliphatic rings. The SMILES string of the molecule is c1ccc(C2=NC(c3ccccc3)C(c3ccccc3)(c3ccccc3)O2)cc1. The van der Waals surface area contributed by atoms with Crippen LogP contribution in [0.4, 0.5) is 0 Å². The topological polar surface area (TPSA) is 21.6 Å². The standard InChI is InChI=1S/C27H21NO/c1-5-13-21(14-6-1)25-27(23-17-9-3-10-18-23,24-19-11-4-12-20-24)29-26(28-25)22-15-7-2-8-16-22/h1-20,25H. The molecule has 2 nitrogen and oxygen atoms in total. The highest BCUT2D eigenvalue weighted by atomic mass is 16.5. The van der Waals surface area contributed by atoms with E-state index in [4.69, 9.17) is 9.73 Å². The summed E-state index contributed by atoms with van der Waals surface area (Å²) >= 11 is 0. The summed E-state index contributed by atoms with van der Waals surface area (Å²) in [4.78, 5) is 5.13. The Morgan fingerprint density at radius 2 is 1.00 bits per heavy atom. The van der Waals surface area contributed by atoms with Crippen molar-refractivity contribution in [3.63, 3.8) is 0 Å².